The molecule has 0 N–H and O–H groups in total. The van der Waals surface area contributed by atoms with Crippen molar-refractivity contribution in [3.05, 3.63) is 97.1 Å². The van der Waals surface area contributed by atoms with E-state index in [1.54, 1.807) is 0 Å². The third kappa shape index (κ3) is 7.28. The first-order valence-corrected chi connectivity index (χ1v) is 17.5. The average molecular weight is 599 g/mol. The van der Waals surface area contributed by atoms with Crippen molar-refractivity contribution in [1.82, 2.24) is 0 Å². The first-order chi connectivity index (χ1) is 20.0. The fourth-order valence-corrected chi connectivity index (χ4v) is 11.3. The van der Waals surface area contributed by atoms with Crippen molar-refractivity contribution < 1.29 is 0 Å². The lowest BCUT2D eigenvalue weighted by molar-refractivity contribution is 0.912. The van der Waals surface area contributed by atoms with Crippen LogP contribution in [0.3, 0.4) is 0 Å². The van der Waals surface area contributed by atoms with Crippen LogP contribution in [-0.2, 0) is 0 Å². The van der Waals surface area contributed by atoms with Crippen LogP contribution < -0.4 is 40.8 Å². The van der Waals surface area contributed by atoms with Crippen LogP contribution in [0.25, 0.3) is 0 Å². The minimum atomic E-state index is -0.598. The predicted octanol–water partition coefficient (Wildman–Crippen LogP) is 6.29. The molecule has 2 atom stereocenters. The third-order valence-electron chi connectivity index (χ3n) is 8.09. The van der Waals surface area contributed by atoms with Crippen LogP contribution in [0.2, 0.25) is 0 Å². The van der Waals surface area contributed by atoms with Gasteiger partial charge in [0.15, 0.2) is 0 Å². The second-order valence-electron chi connectivity index (χ2n) is 11.9. The molecule has 0 aromatic heterocycles. The first kappa shape index (κ1) is 31.9. The maximum absolute atomic E-state index is 2.49. The molecule has 4 rings (SSSR count). The zero-order chi connectivity index (χ0) is 30.6. The van der Waals surface area contributed by atoms with Crippen LogP contribution >= 0.6 is 15.8 Å². The average Bonchev–Trinajstić information content (AvgIpc) is 2.98. The molecule has 6 heteroatoms. The number of hydrogen-bond acceptors (Lipinski definition) is 4. The SMILES string of the molecule is CC(C(C)P(c1ccc(N(C)C)cc1)c1ccc(N(C)C)cc1)P(c1ccc(N(C)C)cc1)c1ccc(N(C)C)cc1. The molecule has 0 bridgehead atoms. The van der Waals surface area contributed by atoms with E-state index in [0.717, 1.165) is 0 Å². The molecule has 0 saturated carbocycles. The van der Waals surface area contributed by atoms with Crippen molar-refractivity contribution in [2.24, 2.45) is 0 Å². The summed E-state index contributed by atoms with van der Waals surface area (Å²) in [5, 5.41) is 5.75. The molecule has 0 spiro atoms. The number of nitrogens with zero attached hydrogens (tertiary/aromatic N) is 4. The molecular formula is C36H48N4P2. The van der Waals surface area contributed by atoms with Gasteiger partial charge in [0.05, 0.1) is 0 Å². The Balaban J connectivity index is 1.80. The Morgan fingerprint density at radius 2 is 0.500 bits per heavy atom. The lowest BCUT2D eigenvalue weighted by Gasteiger charge is -2.36. The highest BCUT2D eigenvalue weighted by atomic mass is 31.1. The van der Waals surface area contributed by atoms with Crippen LogP contribution in [0.15, 0.2) is 97.1 Å². The van der Waals surface area contributed by atoms with Crippen molar-refractivity contribution in [2.75, 3.05) is 76.0 Å². The van der Waals surface area contributed by atoms with Crippen LogP contribution in [-0.4, -0.2) is 67.7 Å². The number of anilines is 4. The Hall–Kier alpha value is -3.06. The highest BCUT2D eigenvalue weighted by Gasteiger charge is 2.32. The maximum atomic E-state index is 2.49. The maximum Gasteiger partial charge on any atom is 0.0361 e. The Labute approximate surface area is 257 Å². The molecule has 0 amide bonds. The fourth-order valence-electron chi connectivity index (χ4n) is 5.32. The molecule has 0 heterocycles. The van der Waals surface area contributed by atoms with E-state index in [2.05, 4.69) is 187 Å². The molecule has 0 aliphatic carbocycles. The van der Waals surface area contributed by atoms with E-state index in [0.29, 0.717) is 11.3 Å². The van der Waals surface area contributed by atoms with Gasteiger partial charge in [0.2, 0.25) is 0 Å². The third-order valence-corrected chi connectivity index (χ3v) is 14.3. The van der Waals surface area contributed by atoms with Gasteiger partial charge in [-0.1, -0.05) is 62.4 Å². The van der Waals surface area contributed by atoms with Crippen LogP contribution in [0.1, 0.15) is 13.8 Å². The van der Waals surface area contributed by atoms with Gasteiger partial charge in [0.25, 0.3) is 0 Å². The summed E-state index contributed by atoms with van der Waals surface area (Å²) in [5.74, 6) is 0. The van der Waals surface area contributed by atoms with Crippen LogP contribution in [0, 0.1) is 0 Å². The second-order valence-corrected chi connectivity index (χ2v) is 17.0. The summed E-state index contributed by atoms with van der Waals surface area (Å²) in [4.78, 5) is 8.71. The zero-order valence-electron chi connectivity index (χ0n) is 27.1. The van der Waals surface area contributed by atoms with E-state index in [-0.39, 0.29) is 0 Å². The lowest BCUT2D eigenvalue weighted by atomic mass is 10.3. The van der Waals surface area contributed by atoms with Crippen LogP contribution in [0.5, 0.6) is 0 Å². The summed E-state index contributed by atoms with van der Waals surface area (Å²) in [6.45, 7) is 4.99. The molecule has 0 fully saturated rings. The van der Waals surface area contributed by atoms with Gasteiger partial charge < -0.3 is 19.6 Å². The van der Waals surface area contributed by atoms with E-state index in [4.69, 9.17) is 0 Å². The molecule has 0 aliphatic heterocycles. The van der Waals surface area contributed by atoms with Crippen LogP contribution in [0.4, 0.5) is 22.7 Å². The molecular weight excluding hydrogens is 550 g/mol. The standard InChI is InChI=1S/C36H48N4P2/c1-27(41(33-19-11-29(12-20-33)37(3)4)34-21-13-30(14-22-34)38(5)6)28(2)42(35-23-15-31(16-24-35)39(7)8)36-25-17-32(18-26-36)40(9)10/h11-28H,1-10H3. The molecule has 4 aromatic carbocycles. The van der Waals surface area contributed by atoms with Gasteiger partial charge in [-0.2, -0.15) is 0 Å². The quantitative estimate of drug-likeness (QED) is 0.188. The topological polar surface area (TPSA) is 13.0 Å². The molecule has 4 nitrogen and oxygen atoms in total. The Kier molecular flexibility index (Phi) is 10.6. The second kappa shape index (κ2) is 13.9. The molecule has 2 unspecified atom stereocenters. The van der Waals surface area contributed by atoms with Crippen molar-refractivity contribution in [3.63, 3.8) is 0 Å². The highest BCUT2D eigenvalue weighted by Crippen LogP contribution is 2.51. The minimum Gasteiger partial charge on any atom is -0.378 e. The summed E-state index contributed by atoms with van der Waals surface area (Å²) in [6.07, 6.45) is 0. The van der Waals surface area contributed by atoms with Gasteiger partial charge >= 0.3 is 0 Å². The fraction of sp³-hybridized carbons (Fsp3) is 0.333. The van der Waals surface area contributed by atoms with E-state index in [9.17, 15) is 0 Å². The summed E-state index contributed by atoms with van der Waals surface area (Å²) in [7, 11) is 15.7. The normalized spacial score (nSPS) is 12.8. The van der Waals surface area contributed by atoms with Crippen molar-refractivity contribution in [3.8, 4) is 0 Å². The molecule has 0 aliphatic rings. The molecule has 4 aromatic rings. The Morgan fingerprint density at radius 1 is 0.333 bits per heavy atom. The van der Waals surface area contributed by atoms with E-state index in [1.807, 2.05) is 0 Å². The lowest BCUT2D eigenvalue weighted by Crippen LogP contribution is -2.32. The van der Waals surface area contributed by atoms with Gasteiger partial charge in [-0.05, 0) is 96.9 Å². The van der Waals surface area contributed by atoms with Gasteiger partial charge in [0.1, 0.15) is 0 Å². The van der Waals surface area contributed by atoms with Gasteiger partial charge in [0, 0.05) is 79.1 Å². The van der Waals surface area contributed by atoms with E-state index >= 15 is 0 Å². The summed E-state index contributed by atoms with van der Waals surface area (Å²) in [6, 6.07) is 37.1. The van der Waals surface area contributed by atoms with Gasteiger partial charge in [-0.3, -0.25) is 0 Å². The van der Waals surface area contributed by atoms with E-state index in [1.165, 1.54) is 44.0 Å². The molecule has 0 saturated heterocycles. The van der Waals surface area contributed by atoms with Crippen molar-refractivity contribution >= 4 is 59.8 Å². The molecule has 42 heavy (non-hydrogen) atoms. The predicted molar refractivity (Wildman–Crippen MR) is 194 cm³/mol. The van der Waals surface area contributed by atoms with Gasteiger partial charge in [-0.25, -0.2) is 0 Å². The smallest absolute Gasteiger partial charge is 0.0361 e. The zero-order valence-corrected chi connectivity index (χ0v) is 28.9. The Morgan fingerprint density at radius 3 is 0.643 bits per heavy atom. The summed E-state index contributed by atoms with van der Waals surface area (Å²) < 4.78 is 0. The summed E-state index contributed by atoms with van der Waals surface area (Å²) in [5.41, 5.74) is 5.87. The van der Waals surface area contributed by atoms with Crippen molar-refractivity contribution in [2.45, 2.75) is 25.2 Å². The molecule has 222 valence electrons. The monoisotopic (exact) mass is 598 g/mol. The van der Waals surface area contributed by atoms with Gasteiger partial charge in [-0.15, -0.1) is 0 Å². The highest BCUT2D eigenvalue weighted by molar-refractivity contribution is 7.77. The van der Waals surface area contributed by atoms with Crippen molar-refractivity contribution in [1.29, 1.82) is 0 Å². The largest absolute Gasteiger partial charge is 0.378 e. The first-order valence-electron chi connectivity index (χ1n) is 14.7. The van der Waals surface area contributed by atoms with E-state index < -0.39 is 15.8 Å². The Bertz CT molecular complexity index is 1180. The number of benzene rings is 4. The molecule has 0 radical (unpaired) electrons. The number of rotatable bonds is 11. The minimum absolute atomic E-state index is 0.462. The summed E-state index contributed by atoms with van der Waals surface area (Å²) >= 11 is 0. The number of hydrogen-bond donors (Lipinski definition) is 0.